The Morgan fingerprint density at radius 1 is 0.735 bits per heavy atom. The Kier molecular flexibility index (Phi) is 10.6. The summed E-state index contributed by atoms with van der Waals surface area (Å²) < 4.78 is 53.9. The van der Waals surface area contributed by atoms with Gasteiger partial charge in [-0.05, 0) is 85.0 Å². The standard InChI is InChI=1S/C25H54N2O5S2/c1-21(2,3)19-24(9,10)27(14)34(31,32)25(11,12)16-15-23(7,8)17-20(18-28)26(13)33(29,30)22(4,5)6/h20,28H,15-19H2,1-14H3/t20-/m0/s1. The van der Waals surface area contributed by atoms with Crippen LogP contribution >= 0.6 is 0 Å². The van der Waals surface area contributed by atoms with Crippen LogP contribution in [-0.2, 0) is 20.0 Å². The zero-order valence-electron chi connectivity index (χ0n) is 24.4. The maximum atomic E-state index is 13.6. The molecular formula is C25H54N2O5S2. The van der Waals surface area contributed by atoms with Gasteiger partial charge in [0, 0.05) is 25.7 Å². The Hall–Kier alpha value is -0.220. The van der Waals surface area contributed by atoms with Crippen LogP contribution in [0.3, 0.4) is 0 Å². The normalized spacial score (nSPS) is 16.4. The first-order chi connectivity index (χ1) is 14.6. The van der Waals surface area contributed by atoms with Gasteiger partial charge in [0.1, 0.15) is 0 Å². The van der Waals surface area contributed by atoms with Crippen LogP contribution in [0.2, 0.25) is 0 Å². The molecular weight excluding hydrogens is 472 g/mol. The molecule has 0 spiro atoms. The highest BCUT2D eigenvalue weighted by molar-refractivity contribution is 7.90. The van der Waals surface area contributed by atoms with Crippen molar-refractivity contribution in [2.75, 3.05) is 20.7 Å². The summed E-state index contributed by atoms with van der Waals surface area (Å²) in [6, 6.07) is -0.577. The summed E-state index contributed by atoms with van der Waals surface area (Å²) in [6.45, 7) is 22.4. The van der Waals surface area contributed by atoms with Gasteiger partial charge in [-0.3, -0.25) is 0 Å². The van der Waals surface area contributed by atoms with E-state index >= 15 is 0 Å². The number of hydrogen-bond acceptors (Lipinski definition) is 5. The summed E-state index contributed by atoms with van der Waals surface area (Å²) in [5, 5.41) is 9.99. The molecule has 0 aliphatic carbocycles. The monoisotopic (exact) mass is 526 g/mol. The highest BCUT2D eigenvalue weighted by Gasteiger charge is 2.45. The number of sulfonamides is 2. The molecule has 0 fully saturated rings. The molecule has 9 heteroatoms. The van der Waals surface area contributed by atoms with Gasteiger partial charge in [0.25, 0.3) is 0 Å². The summed E-state index contributed by atoms with van der Waals surface area (Å²) in [6.07, 6.45) is 2.15. The maximum absolute atomic E-state index is 13.6. The number of rotatable bonds is 12. The molecule has 0 radical (unpaired) electrons. The average Bonchev–Trinajstić information content (AvgIpc) is 2.60. The van der Waals surface area contributed by atoms with Gasteiger partial charge in [-0.25, -0.2) is 16.8 Å². The molecule has 1 atom stereocenters. The Bertz CT molecular complexity index is 877. The minimum Gasteiger partial charge on any atom is -0.395 e. The number of likely N-dealkylation sites (N-methyl/N-ethyl adjacent to an activating group) is 1. The van der Waals surface area contributed by atoms with Gasteiger partial charge < -0.3 is 5.11 Å². The van der Waals surface area contributed by atoms with E-state index in [0.717, 1.165) is 6.42 Å². The van der Waals surface area contributed by atoms with Crippen LogP contribution in [0.1, 0.15) is 109 Å². The summed E-state index contributed by atoms with van der Waals surface area (Å²) in [5.41, 5.74) is -0.921. The van der Waals surface area contributed by atoms with Crippen molar-refractivity contribution in [2.45, 2.75) is 130 Å². The van der Waals surface area contributed by atoms with Crippen LogP contribution in [0.25, 0.3) is 0 Å². The fourth-order valence-corrected chi connectivity index (χ4v) is 7.76. The first-order valence-corrected chi connectivity index (χ1v) is 15.1. The van der Waals surface area contributed by atoms with Crippen molar-refractivity contribution < 1.29 is 21.9 Å². The van der Waals surface area contributed by atoms with E-state index < -0.39 is 41.1 Å². The van der Waals surface area contributed by atoms with Crippen molar-refractivity contribution in [3.8, 4) is 0 Å². The van der Waals surface area contributed by atoms with Crippen molar-refractivity contribution in [3.63, 3.8) is 0 Å². The van der Waals surface area contributed by atoms with Gasteiger partial charge in [0.2, 0.25) is 20.0 Å². The van der Waals surface area contributed by atoms with Gasteiger partial charge in [0.15, 0.2) is 0 Å². The number of hydrogen-bond donors (Lipinski definition) is 1. The fraction of sp³-hybridized carbons (Fsp3) is 1.00. The molecule has 0 saturated carbocycles. The Morgan fingerprint density at radius 3 is 1.53 bits per heavy atom. The molecule has 0 saturated heterocycles. The lowest BCUT2D eigenvalue weighted by molar-refractivity contribution is 0.142. The van der Waals surface area contributed by atoms with Crippen LogP contribution in [-0.4, -0.2) is 72.3 Å². The number of aliphatic hydroxyl groups is 1. The van der Waals surface area contributed by atoms with Crippen molar-refractivity contribution in [1.29, 1.82) is 0 Å². The van der Waals surface area contributed by atoms with Crippen LogP contribution in [0.15, 0.2) is 0 Å². The molecule has 7 nitrogen and oxygen atoms in total. The molecule has 0 amide bonds. The second kappa shape index (κ2) is 10.6. The van der Waals surface area contributed by atoms with Crippen molar-refractivity contribution in [2.24, 2.45) is 10.8 Å². The first-order valence-electron chi connectivity index (χ1n) is 12.2. The lowest BCUT2D eigenvalue weighted by Gasteiger charge is -2.43. The van der Waals surface area contributed by atoms with Crippen LogP contribution in [0.4, 0.5) is 0 Å². The first kappa shape index (κ1) is 33.8. The van der Waals surface area contributed by atoms with E-state index in [1.54, 1.807) is 41.7 Å². The maximum Gasteiger partial charge on any atom is 0.219 e. The zero-order chi connectivity index (χ0) is 27.8. The van der Waals surface area contributed by atoms with Gasteiger partial charge in [-0.1, -0.05) is 34.6 Å². The number of nitrogens with zero attached hydrogens (tertiary/aromatic N) is 2. The van der Waals surface area contributed by atoms with Crippen molar-refractivity contribution in [3.05, 3.63) is 0 Å². The smallest absolute Gasteiger partial charge is 0.219 e. The minimum atomic E-state index is -3.61. The van der Waals surface area contributed by atoms with E-state index in [1.807, 2.05) is 27.7 Å². The van der Waals surface area contributed by atoms with Crippen LogP contribution in [0.5, 0.6) is 0 Å². The van der Waals surface area contributed by atoms with E-state index in [4.69, 9.17) is 0 Å². The molecule has 0 aromatic carbocycles. The molecule has 206 valence electrons. The molecule has 0 unspecified atom stereocenters. The third kappa shape index (κ3) is 8.43. The third-order valence-corrected chi connectivity index (χ3v) is 12.4. The molecule has 0 aromatic heterocycles. The summed E-state index contributed by atoms with van der Waals surface area (Å²) in [7, 11) is -4.02. The summed E-state index contributed by atoms with van der Waals surface area (Å²) >= 11 is 0. The predicted octanol–water partition coefficient (Wildman–Crippen LogP) is 4.86. The van der Waals surface area contributed by atoms with E-state index in [2.05, 4.69) is 20.8 Å². The van der Waals surface area contributed by atoms with Gasteiger partial charge in [-0.15, -0.1) is 0 Å². The highest BCUT2D eigenvalue weighted by atomic mass is 32.2. The summed E-state index contributed by atoms with van der Waals surface area (Å²) in [5.74, 6) is 0. The Balaban J connectivity index is 5.64. The SMILES string of the molecule is CN([C@H](CO)CC(C)(C)CCC(C)(C)S(=O)(=O)N(C)C(C)(C)CC(C)(C)C)S(=O)(=O)C(C)(C)C. The van der Waals surface area contributed by atoms with E-state index in [0.29, 0.717) is 19.3 Å². The Morgan fingerprint density at radius 2 is 1.18 bits per heavy atom. The Labute approximate surface area is 211 Å². The second-order valence-electron chi connectivity index (χ2n) is 14.1. The summed E-state index contributed by atoms with van der Waals surface area (Å²) in [4.78, 5) is 0. The van der Waals surface area contributed by atoms with E-state index in [9.17, 15) is 21.9 Å². The molecule has 0 rings (SSSR count). The quantitative estimate of drug-likeness (QED) is 0.392. The van der Waals surface area contributed by atoms with E-state index in [-0.39, 0.29) is 17.4 Å². The molecule has 0 bridgehead atoms. The fourth-order valence-electron chi connectivity index (χ4n) is 4.55. The molecule has 34 heavy (non-hydrogen) atoms. The molecule has 0 heterocycles. The highest BCUT2D eigenvalue weighted by Crippen LogP contribution is 2.39. The third-order valence-electron chi connectivity index (χ3n) is 6.94. The molecule has 0 aliphatic heterocycles. The van der Waals surface area contributed by atoms with Gasteiger partial charge in [-0.2, -0.15) is 8.61 Å². The van der Waals surface area contributed by atoms with Crippen LogP contribution in [0, 0.1) is 10.8 Å². The van der Waals surface area contributed by atoms with Crippen LogP contribution < -0.4 is 0 Å². The zero-order valence-corrected chi connectivity index (χ0v) is 26.0. The molecule has 0 aromatic rings. The lowest BCUT2D eigenvalue weighted by Crippen LogP contribution is -2.53. The topological polar surface area (TPSA) is 95.0 Å². The predicted molar refractivity (Wildman–Crippen MR) is 144 cm³/mol. The van der Waals surface area contributed by atoms with E-state index in [1.165, 1.54) is 15.7 Å². The lowest BCUT2D eigenvalue weighted by atomic mass is 9.80. The minimum absolute atomic E-state index is 0.0157. The van der Waals surface area contributed by atoms with Crippen molar-refractivity contribution >= 4 is 20.0 Å². The van der Waals surface area contributed by atoms with Crippen molar-refractivity contribution in [1.82, 2.24) is 8.61 Å². The molecule has 0 aliphatic rings. The largest absolute Gasteiger partial charge is 0.395 e. The molecule has 1 N–H and O–H groups in total. The average molecular weight is 527 g/mol. The second-order valence-corrected chi connectivity index (χ2v) is 19.5. The van der Waals surface area contributed by atoms with Gasteiger partial charge >= 0.3 is 0 Å². The van der Waals surface area contributed by atoms with Gasteiger partial charge in [0.05, 0.1) is 16.1 Å². The number of aliphatic hydroxyl groups excluding tert-OH is 1.